The first-order valence-corrected chi connectivity index (χ1v) is 2.24. The number of nitrogens with two attached hydrogens (primary N) is 1. The highest BCUT2D eigenvalue weighted by Gasteiger charge is 1.97. The Bertz CT molecular complexity index is 275. The lowest BCUT2D eigenvalue weighted by molar-refractivity contribution is 0.509. The van der Waals surface area contributed by atoms with Crippen LogP contribution >= 0.6 is 0 Å². The second-order valence-corrected chi connectivity index (χ2v) is 1.50. The molecule has 3 heteroatoms. The Balaban J connectivity index is 3.46. The normalized spacial score (nSPS) is 12.7. The minimum atomic E-state index is -1.37. The zero-order chi connectivity index (χ0) is 8.59. The van der Waals surface area contributed by atoms with Gasteiger partial charge in [0.15, 0.2) is 11.6 Å². The van der Waals surface area contributed by atoms with Gasteiger partial charge in [-0.1, -0.05) is 0 Å². The minimum absolute atomic E-state index is 0.228. The predicted molar refractivity (Wildman–Crippen MR) is 30.8 cm³/mol. The van der Waals surface area contributed by atoms with Crippen LogP contribution in [-0.2, 0) is 0 Å². The van der Waals surface area contributed by atoms with Crippen LogP contribution in [0.15, 0.2) is 18.2 Å². The van der Waals surface area contributed by atoms with Crippen LogP contribution in [0.25, 0.3) is 0 Å². The summed E-state index contributed by atoms with van der Waals surface area (Å²) in [5, 5.41) is 0. The van der Waals surface area contributed by atoms with E-state index in [-0.39, 0.29) is 5.69 Å². The molecule has 0 spiro atoms. The molecule has 0 bridgehead atoms. The molecule has 9 heavy (non-hydrogen) atoms. The van der Waals surface area contributed by atoms with Gasteiger partial charge < -0.3 is 5.73 Å². The van der Waals surface area contributed by atoms with Gasteiger partial charge in [0.25, 0.3) is 0 Å². The summed E-state index contributed by atoms with van der Waals surface area (Å²) in [6.45, 7) is 0. The lowest BCUT2D eigenvalue weighted by Gasteiger charge is -1.91. The Morgan fingerprint density at radius 3 is 2.78 bits per heavy atom. The second-order valence-electron chi connectivity index (χ2n) is 1.50. The van der Waals surface area contributed by atoms with Crippen LogP contribution in [0.1, 0.15) is 2.74 Å². The summed E-state index contributed by atoms with van der Waals surface area (Å²) in [5.74, 6) is -2.70. The van der Waals surface area contributed by atoms with Crippen molar-refractivity contribution in [3.05, 3.63) is 29.8 Å². The highest BCUT2D eigenvalue weighted by Crippen LogP contribution is 2.08. The van der Waals surface area contributed by atoms with Gasteiger partial charge in [-0.25, -0.2) is 8.78 Å². The molecule has 0 atom stereocenters. The number of halogens is 2. The van der Waals surface area contributed by atoms with Crippen molar-refractivity contribution in [1.82, 2.24) is 0 Å². The van der Waals surface area contributed by atoms with Crippen molar-refractivity contribution in [2.45, 2.75) is 0 Å². The minimum Gasteiger partial charge on any atom is -0.399 e. The zero-order valence-corrected chi connectivity index (χ0v) is 4.41. The summed E-state index contributed by atoms with van der Waals surface area (Å²) < 4.78 is 38.6. The fourth-order valence-corrected chi connectivity index (χ4v) is 0.422. The van der Waals surface area contributed by atoms with Crippen LogP contribution in [0.3, 0.4) is 0 Å². The first-order valence-electron chi connectivity index (χ1n) is 3.24. The van der Waals surface area contributed by atoms with E-state index in [1.807, 2.05) is 0 Å². The second kappa shape index (κ2) is 2.01. The van der Waals surface area contributed by atoms with Crippen LogP contribution in [-0.4, -0.2) is 0 Å². The van der Waals surface area contributed by atoms with E-state index in [0.29, 0.717) is 0 Å². The Labute approximate surface area is 53.9 Å². The maximum Gasteiger partial charge on any atom is 0.160 e. The molecule has 0 aliphatic rings. The maximum absolute atomic E-state index is 12.5. The standard InChI is InChI=1S/C6H5F2N/c7-5-2-1-4(9)3-6(5)8/h1-3H,9H2/i2D,3D. The summed E-state index contributed by atoms with van der Waals surface area (Å²) in [4.78, 5) is 0. The average molecular weight is 131 g/mol. The smallest absolute Gasteiger partial charge is 0.160 e. The van der Waals surface area contributed by atoms with Crippen molar-refractivity contribution in [3.63, 3.8) is 0 Å². The molecule has 1 rings (SSSR count). The van der Waals surface area contributed by atoms with Crippen molar-refractivity contribution < 1.29 is 11.5 Å². The molecule has 0 aromatic heterocycles. The van der Waals surface area contributed by atoms with Gasteiger partial charge in [-0.3, -0.25) is 0 Å². The van der Waals surface area contributed by atoms with Gasteiger partial charge in [-0.05, 0) is 18.2 Å². The lowest BCUT2D eigenvalue weighted by Crippen LogP contribution is -1.88. The first-order chi connectivity index (χ1) is 5.04. The molecule has 0 aliphatic heterocycles. The van der Waals surface area contributed by atoms with Crippen LogP contribution in [0.5, 0.6) is 0 Å². The molecule has 0 radical (unpaired) electrons. The van der Waals surface area contributed by atoms with Crippen LogP contribution in [0.4, 0.5) is 14.5 Å². The summed E-state index contributed by atoms with van der Waals surface area (Å²) in [5.41, 5.74) is 4.85. The first kappa shape index (κ1) is 3.82. The summed E-state index contributed by atoms with van der Waals surface area (Å²) in [7, 11) is 0. The van der Waals surface area contributed by atoms with Crippen LogP contribution < -0.4 is 5.73 Å². The third-order valence-electron chi connectivity index (χ3n) is 0.801. The third-order valence-corrected chi connectivity index (χ3v) is 0.801. The highest BCUT2D eigenvalue weighted by molar-refractivity contribution is 5.37. The summed E-state index contributed by atoms with van der Waals surface area (Å²) in [6, 6.07) is -0.421. The topological polar surface area (TPSA) is 26.0 Å². The zero-order valence-electron chi connectivity index (χ0n) is 6.41. The quantitative estimate of drug-likeness (QED) is 0.531. The Morgan fingerprint density at radius 1 is 1.44 bits per heavy atom. The van der Waals surface area contributed by atoms with Gasteiger partial charge in [0, 0.05) is 5.69 Å². The third kappa shape index (κ3) is 1.16. The van der Waals surface area contributed by atoms with Crippen LogP contribution in [0.2, 0.25) is 0 Å². The SMILES string of the molecule is [2H]c1cc(N)c([2H])c(F)c1F. The molecular weight excluding hydrogens is 124 g/mol. The average Bonchev–Trinajstić information content (AvgIpc) is 1.97. The van der Waals surface area contributed by atoms with E-state index in [0.717, 1.165) is 6.07 Å². The van der Waals surface area contributed by atoms with E-state index in [1.165, 1.54) is 0 Å². The van der Waals surface area contributed by atoms with E-state index < -0.39 is 23.7 Å². The number of hydrogen-bond donors (Lipinski definition) is 1. The molecule has 1 aromatic carbocycles. The van der Waals surface area contributed by atoms with Gasteiger partial charge in [0.2, 0.25) is 0 Å². The van der Waals surface area contributed by atoms with E-state index in [4.69, 9.17) is 8.48 Å². The lowest BCUT2D eigenvalue weighted by atomic mass is 10.3. The van der Waals surface area contributed by atoms with Crippen LogP contribution in [0, 0.1) is 11.6 Å². The van der Waals surface area contributed by atoms with E-state index in [2.05, 4.69) is 0 Å². The Hall–Kier alpha value is -1.12. The molecular formula is C6H5F2N. The van der Waals surface area contributed by atoms with Gasteiger partial charge >= 0.3 is 0 Å². The van der Waals surface area contributed by atoms with Gasteiger partial charge in [0.05, 0.1) is 2.74 Å². The number of rotatable bonds is 0. The fourth-order valence-electron chi connectivity index (χ4n) is 0.422. The molecule has 0 amide bonds. The molecule has 0 saturated heterocycles. The van der Waals surface area contributed by atoms with Gasteiger partial charge in [-0.2, -0.15) is 0 Å². The Morgan fingerprint density at radius 2 is 2.11 bits per heavy atom. The molecule has 0 aliphatic carbocycles. The molecule has 0 heterocycles. The summed E-state index contributed by atoms with van der Waals surface area (Å²) >= 11 is 0. The molecule has 1 nitrogen and oxygen atoms in total. The number of nitrogen functional groups attached to an aromatic ring is 1. The van der Waals surface area contributed by atoms with Crippen molar-refractivity contribution in [3.8, 4) is 0 Å². The highest BCUT2D eigenvalue weighted by atomic mass is 19.2. The van der Waals surface area contributed by atoms with Gasteiger partial charge in [0.1, 0.15) is 0 Å². The summed E-state index contributed by atoms with van der Waals surface area (Å²) in [6.07, 6.45) is 0. The Kier molecular flexibility index (Phi) is 0.853. The van der Waals surface area contributed by atoms with Crippen molar-refractivity contribution in [2.24, 2.45) is 0 Å². The number of hydrogen-bond acceptors (Lipinski definition) is 1. The van der Waals surface area contributed by atoms with Crippen molar-refractivity contribution in [1.29, 1.82) is 0 Å². The molecule has 2 N–H and O–H groups in total. The van der Waals surface area contributed by atoms with E-state index in [9.17, 15) is 8.78 Å². The molecule has 1 aromatic rings. The monoisotopic (exact) mass is 131 g/mol. The van der Waals surface area contributed by atoms with E-state index in [1.54, 1.807) is 0 Å². The molecule has 48 valence electrons. The van der Waals surface area contributed by atoms with Gasteiger partial charge in [-0.15, -0.1) is 0 Å². The maximum atomic E-state index is 12.5. The number of anilines is 1. The largest absolute Gasteiger partial charge is 0.399 e. The fraction of sp³-hybridized carbons (Fsp3) is 0. The molecule has 0 fully saturated rings. The molecule has 0 unspecified atom stereocenters. The predicted octanol–water partition coefficient (Wildman–Crippen LogP) is 1.55. The molecule has 0 saturated carbocycles. The van der Waals surface area contributed by atoms with Crippen molar-refractivity contribution in [2.75, 3.05) is 5.73 Å². The van der Waals surface area contributed by atoms with E-state index >= 15 is 0 Å². The number of benzene rings is 1. The van der Waals surface area contributed by atoms with Crippen molar-refractivity contribution >= 4 is 5.69 Å².